The van der Waals surface area contributed by atoms with Crippen molar-refractivity contribution in [2.75, 3.05) is 0 Å². The zero-order valence-electron chi connectivity index (χ0n) is 13.5. The van der Waals surface area contributed by atoms with Gasteiger partial charge in [0.25, 0.3) is 5.91 Å². The van der Waals surface area contributed by atoms with Gasteiger partial charge >= 0.3 is 0 Å². The molecule has 0 unspecified atom stereocenters. The summed E-state index contributed by atoms with van der Waals surface area (Å²) >= 11 is 0. The number of hydrazone groups is 1. The number of carbonyl (C=O) groups is 1. The van der Waals surface area contributed by atoms with E-state index in [9.17, 15) is 9.90 Å². The van der Waals surface area contributed by atoms with Crippen LogP contribution in [-0.2, 0) is 4.79 Å². The molecule has 0 heterocycles. The van der Waals surface area contributed by atoms with Crippen molar-refractivity contribution >= 4 is 12.1 Å². The molecule has 0 saturated heterocycles. The molecule has 25 heavy (non-hydrogen) atoms. The number of phenols is 1. The van der Waals surface area contributed by atoms with Gasteiger partial charge in [0, 0.05) is 0 Å². The van der Waals surface area contributed by atoms with Crippen molar-refractivity contribution in [3.63, 3.8) is 0 Å². The van der Waals surface area contributed by atoms with Crippen LogP contribution in [-0.4, -0.2) is 17.2 Å². The van der Waals surface area contributed by atoms with Crippen molar-refractivity contribution in [1.82, 2.24) is 5.43 Å². The van der Waals surface area contributed by atoms with E-state index in [1.165, 1.54) is 6.21 Å². The molecule has 3 rings (SSSR count). The van der Waals surface area contributed by atoms with Crippen LogP contribution in [0.5, 0.6) is 5.75 Å². The molecule has 0 aliphatic heterocycles. The van der Waals surface area contributed by atoms with E-state index in [0.717, 1.165) is 11.1 Å². The fourth-order valence-electron chi connectivity index (χ4n) is 2.63. The van der Waals surface area contributed by atoms with Crippen molar-refractivity contribution in [2.45, 2.75) is 5.92 Å². The summed E-state index contributed by atoms with van der Waals surface area (Å²) in [6, 6.07) is 25.9. The largest absolute Gasteiger partial charge is 0.508 e. The lowest BCUT2D eigenvalue weighted by Gasteiger charge is -2.16. The van der Waals surface area contributed by atoms with Crippen molar-refractivity contribution in [3.8, 4) is 5.75 Å². The van der Waals surface area contributed by atoms with Crippen LogP contribution in [0.2, 0.25) is 0 Å². The van der Waals surface area contributed by atoms with Crippen LogP contribution in [0, 0.1) is 0 Å². The number of hydrogen-bond acceptors (Lipinski definition) is 3. The number of aromatic hydroxyl groups is 1. The third kappa shape index (κ3) is 4.32. The summed E-state index contributed by atoms with van der Waals surface area (Å²) in [5, 5.41) is 13.5. The molecular weight excluding hydrogens is 312 g/mol. The highest BCUT2D eigenvalue weighted by molar-refractivity contribution is 5.88. The Morgan fingerprint density at radius 1 is 0.880 bits per heavy atom. The molecule has 4 heteroatoms. The molecular formula is C21H18N2O2. The Morgan fingerprint density at radius 3 is 2.04 bits per heavy atom. The molecule has 3 aromatic carbocycles. The van der Waals surface area contributed by atoms with Gasteiger partial charge in [0.15, 0.2) is 0 Å². The molecule has 0 bridgehead atoms. The molecule has 3 aromatic rings. The number of benzene rings is 3. The van der Waals surface area contributed by atoms with E-state index in [1.807, 2.05) is 60.7 Å². The Hall–Kier alpha value is -3.40. The van der Waals surface area contributed by atoms with Gasteiger partial charge in [-0.25, -0.2) is 5.43 Å². The molecule has 0 aliphatic rings. The summed E-state index contributed by atoms with van der Waals surface area (Å²) in [5.74, 6) is -0.501. The topological polar surface area (TPSA) is 61.7 Å². The quantitative estimate of drug-likeness (QED) is 0.554. The number of amides is 1. The van der Waals surface area contributed by atoms with Crippen LogP contribution in [0.15, 0.2) is 90.0 Å². The minimum atomic E-state index is -0.441. The zero-order valence-corrected chi connectivity index (χ0v) is 13.5. The van der Waals surface area contributed by atoms with Gasteiger partial charge < -0.3 is 5.11 Å². The first kappa shape index (κ1) is 16.5. The zero-order chi connectivity index (χ0) is 17.5. The summed E-state index contributed by atoms with van der Waals surface area (Å²) in [6.07, 6.45) is 1.50. The Labute approximate surface area is 146 Å². The van der Waals surface area contributed by atoms with E-state index >= 15 is 0 Å². The van der Waals surface area contributed by atoms with Crippen LogP contribution in [0.3, 0.4) is 0 Å². The average molecular weight is 330 g/mol. The molecule has 0 radical (unpaired) electrons. The molecule has 0 spiro atoms. The maximum Gasteiger partial charge on any atom is 0.252 e. The second-order valence-electron chi connectivity index (χ2n) is 5.58. The second kappa shape index (κ2) is 7.93. The summed E-state index contributed by atoms with van der Waals surface area (Å²) in [6.45, 7) is 0. The highest BCUT2D eigenvalue weighted by Gasteiger charge is 2.22. The van der Waals surface area contributed by atoms with Crippen molar-refractivity contribution in [3.05, 3.63) is 102 Å². The predicted molar refractivity (Wildman–Crippen MR) is 98.6 cm³/mol. The minimum Gasteiger partial charge on any atom is -0.508 e. The molecule has 0 atom stereocenters. The summed E-state index contributed by atoms with van der Waals surface area (Å²) in [4.78, 5) is 12.7. The summed E-state index contributed by atoms with van der Waals surface area (Å²) in [7, 11) is 0. The average Bonchev–Trinajstić information content (AvgIpc) is 2.64. The number of nitrogens with zero attached hydrogens (tertiary/aromatic N) is 1. The smallest absolute Gasteiger partial charge is 0.252 e. The molecule has 0 aromatic heterocycles. The predicted octanol–water partition coefficient (Wildman–Crippen LogP) is 3.67. The Bertz CT molecular complexity index is 822. The fourth-order valence-corrected chi connectivity index (χ4v) is 2.63. The highest BCUT2D eigenvalue weighted by atomic mass is 16.3. The number of nitrogens with one attached hydrogen (secondary N) is 1. The van der Waals surface area contributed by atoms with Crippen LogP contribution < -0.4 is 5.43 Å². The Morgan fingerprint density at radius 2 is 1.48 bits per heavy atom. The first-order valence-corrected chi connectivity index (χ1v) is 7.96. The van der Waals surface area contributed by atoms with Crippen LogP contribution >= 0.6 is 0 Å². The number of carbonyl (C=O) groups excluding carboxylic acids is 1. The molecule has 2 N–H and O–H groups in total. The molecule has 0 fully saturated rings. The maximum atomic E-state index is 12.7. The van der Waals surface area contributed by atoms with Crippen LogP contribution in [0.1, 0.15) is 22.6 Å². The SMILES string of the molecule is O=C(N/N=C/c1cccc(O)c1)C(c1ccccc1)c1ccccc1. The van der Waals surface area contributed by atoms with Gasteiger partial charge in [0.2, 0.25) is 0 Å². The Balaban J connectivity index is 1.80. The first-order chi connectivity index (χ1) is 12.2. The number of phenolic OH excluding ortho intramolecular Hbond substituents is 1. The number of rotatable bonds is 5. The minimum absolute atomic E-state index is 0.154. The van der Waals surface area contributed by atoms with Crippen molar-refractivity contribution in [1.29, 1.82) is 0 Å². The fraction of sp³-hybridized carbons (Fsp3) is 0.0476. The third-order valence-corrected chi connectivity index (χ3v) is 3.79. The molecule has 1 amide bonds. The van der Waals surface area contributed by atoms with Gasteiger partial charge in [-0.15, -0.1) is 0 Å². The van der Waals surface area contributed by atoms with Gasteiger partial charge in [-0.3, -0.25) is 4.79 Å². The molecule has 4 nitrogen and oxygen atoms in total. The monoisotopic (exact) mass is 330 g/mol. The number of hydrogen-bond donors (Lipinski definition) is 2. The second-order valence-corrected chi connectivity index (χ2v) is 5.58. The van der Waals surface area contributed by atoms with E-state index < -0.39 is 5.92 Å². The third-order valence-electron chi connectivity index (χ3n) is 3.79. The standard InChI is InChI=1S/C21H18N2O2/c24-19-13-7-8-16(14-19)15-22-23-21(25)20(17-9-3-1-4-10-17)18-11-5-2-6-12-18/h1-15,20,24H,(H,23,25)/b22-15+. The molecule has 0 aliphatic carbocycles. The van der Waals surface area contributed by atoms with E-state index in [4.69, 9.17) is 0 Å². The lowest BCUT2D eigenvalue weighted by Crippen LogP contribution is -2.26. The highest BCUT2D eigenvalue weighted by Crippen LogP contribution is 2.24. The van der Waals surface area contributed by atoms with Crippen LogP contribution in [0.25, 0.3) is 0 Å². The van der Waals surface area contributed by atoms with Gasteiger partial charge in [0.05, 0.1) is 12.1 Å². The van der Waals surface area contributed by atoms with Crippen molar-refractivity contribution in [2.24, 2.45) is 5.10 Å². The van der Waals surface area contributed by atoms with Gasteiger partial charge in [-0.1, -0.05) is 72.8 Å². The summed E-state index contributed by atoms with van der Waals surface area (Å²) in [5.41, 5.74) is 5.10. The maximum absolute atomic E-state index is 12.7. The first-order valence-electron chi connectivity index (χ1n) is 7.96. The lowest BCUT2D eigenvalue weighted by atomic mass is 9.91. The molecule has 124 valence electrons. The van der Waals surface area contributed by atoms with E-state index in [-0.39, 0.29) is 11.7 Å². The van der Waals surface area contributed by atoms with Crippen LogP contribution in [0.4, 0.5) is 0 Å². The van der Waals surface area contributed by atoms with Gasteiger partial charge in [-0.2, -0.15) is 5.10 Å². The normalized spacial score (nSPS) is 10.9. The van der Waals surface area contributed by atoms with E-state index in [0.29, 0.717) is 5.56 Å². The Kier molecular flexibility index (Phi) is 5.22. The van der Waals surface area contributed by atoms with E-state index in [1.54, 1.807) is 24.3 Å². The van der Waals surface area contributed by atoms with E-state index in [2.05, 4.69) is 10.5 Å². The van der Waals surface area contributed by atoms with Gasteiger partial charge in [-0.05, 0) is 28.8 Å². The lowest BCUT2D eigenvalue weighted by molar-refractivity contribution is -0.121. The van der Waals surface area contributed by atoms with Gasteiger partial charge in [0.1, 0.15) is 5.75 Å². The molecule has 0 saturated carbocycles. The summed E-state index contributed by atoms with van der Waals surface area (Å²) < 4.78 is 0. The van der Waals surface area contributed by atoms with Crippen molar-refractivity contribution < 1.29 is 9.90 Å².